The van der Waals surface area contributed by atoms with Gasteiger partial charge in [-0.15, -0.1) is 0 Å². The van der Waals surface area contributed by atoms with E-state index in [1.807, 2.05) is 0 Å². The first-order valence-electron chi connectivity index (χ1n) is 5.40. The topological polar surface area (TPSA) is 69.4 Å². The summed E-state index contributed by atoms with van der Waals surface area (Å²) in [7, 11) is 0. The number of halogens is 1. The highest BCUT2D eigenvalue weighted by Crippen LogP contribution is 2.30. The highest BCUT2D eigenvalue weighted by molar-refractivity contribution is 6.32. The molecule has 0 unspecified atom stereocenters. The fourth-order valence-corrected chi connectivity index (χ4v) is 1.54. The molecule has 5 nitrogen and oxygen atoms in total. The third-order valence-corrected chi connectivity index (χ3v) is 2.78. The fraction of sp³-hybridized carbons (Fsp3) is 0.250. The number of nitro groups is 1. The SMILES string of the molecule is O=C(C=CC1CC1)Oc1ccc(Cl)c([N+](=O)[O-])c1. The van der Waals surface area contributed by atoms with Gasteiger partial charge in [-0.05, 0) is 30.9 Å². The molecule has 0 heterocycles. The number of nitrogens with zero attached hydrogens (tertiary/aromatic N) is 1. The number of carbonyl (C=O) groups is 1. The van der Waals surface area contributed by atoms with Crippen LogP contribution in [0.25, 0.3) is 0 Å². The maximum absolute atomic E-state index is 11.4. The van der Waals surface area contributed by atoms with E-state index >= 15 is 0 Å². The van der Waals surface area contributed by atoms with Crippen molar-refractivity contribution in [3.8, 4) is 5.75 Å². The van der Waals surface area contributed by atoms with E-state index in [2.05, 4.69) is 0 Å². The van der Waals surface area contributed by atoms with Crippen LogP contribution in [0.5, 0.6) is 5.75 Å². The van der Waals surface area contributed by atoms with Gasteiger partial charge in [0, 0.05) is 6.08 Å². The van der Waals surface area contributed by atoms with Crippen molar-refractivity contribution in [2.24, 2.45) is 5.92 Å². The second-order valence-electron chi connectivity index (χ2n) is 3.99. The number of hydrogen-bond acceptors (Lipinski definition) is 4. The van der Waals surface area contributed by atoms with Crippen LogP contribution in [0.4, 0.5) is 5.69 Å². The zero-order chi connectivity index (χ0) is 13.1. The van der Waals surface area contributed by atoms with Crippen LogP contribution in [0.3, 0.4) is 0 Å². The molecule has 18 heavy (non-hydrogen) atoms. The lowest BCUT2D eigenvalue weighted by molar-refractivity contribution is -0.384. The Bertz CT molecular complexity index is 523. The molecule has 0 saturated heterocycles. The highest BCUT2D eigenvalue weighted by Gasteiger charge is 2.18. The Labute approximate surface area is 108 Å². The second-order valence-corrected chi connectivity index (χ2v) is 4.40. The molecule has 2 rings (SSSR count). The van der Waals surface area contributed by atoms with Gasteiger partial charge in [-0.3, -0.25) is 10.1 Å². The van der Waals surface area contributed by atoms with E-state index in [1.165, 1.54) is 18.2 Å². The molecule has 1 aliphatic carbocycles. The van der Waals surface area contributed by atoms with Crippen molar-refractivity contribution in [1.82, 2.24) is 0 Å². The zero-order valence-corrected chi connectivity index (χ0v) is 10.1. The van der Waals surface area contributed by atoms with Crippen molar-refractivity contribution in [3.05, 3.63) is 45.5 Å². The molecule has 0 N–H and O–H groups in total. The van der Waals surface area contributed by atoms with E-state index in [1.54, 1.807) is 6.08 Å². The molecule has 1 aromatic rings. The Kier molecular flexibility index (Phi) is 3.62. The molecule has 1 saturated carbocycles. The van der Waals surface area contributed by atoms with Gasteiger partial charge in [-0.25, -0.2) is 4.79 Å². The first kappa shape index (κ1) is 12.6. The third-order valence-electron chi connectivity index (χ3n) is 2.46. The molecule has 6 heteroatoms. The summed E-state index contributed by atoms with van der Waals surface area (Å²) >= 11 is 5.64. The van der Waals surface area contributed by atoms with E-state index in [0.29, 0.717) is 5.92 Å². The van der Waals surface area contributed by atoms with Gasteiger partial charge in [0.05, 0.1) is 11.0 Å². The molecule has 0 aliphatic heterocycles. The minimum Gasteiger partial charge on any atom is -0.423 e. The Morgan fingerprint density at radius 1 is 1.50 bits per heavy atom. The van der Waals surface area contributed by atoms with E-state index < -0.39 is 10.9 Å². The van der Waals surface area contributed by atoms with Gasteiger partial charge in [-0.1, -0.05) is 17.7 Å². The average molecular weight is 268 g/mol. The van der Waals surface area contributed by atoms with Crippen LogP contribution in [-0.4, -0.2) is 10.9 Å². The van der Waals surface area contributed by atoms with E-state index in [0.717, 1.165) is 18.9 Å². The molecule has 0 atom stereocenters. The molecule has 1 aliphatic rings. The van der Waals surface area contributed by atoms with Crippen molar-refractivity contribution in [3.63, 3.8) is 0 Å². The lowest BCUT2D eigenvalue weighted by atomic mass is 10.3. The Balaban J connectivity index is 2.06. The number of hydrogen-bond donors (Lipinski definition) is 0. The van der Waals surface area contributed by atoms with Crippen molar-refractivity contribution in [2.45, 2.75) is 12.8 Å². The zero-order valence-electron chi connectivity index (χ0n) is 9.34. The van der Waals surface area contributed by atoms with Gasteiger partial charge in [-0.2, -0.15) is 0 Å². The van der Waals surface area contributed by atoms with Gasteiger partial charge in [0.15, 0.2) is 0 Å². The van der Waals surface area contributed by atoms with Gasteiger partial charge in [0.25, 0.3) is 5.69 Å². The summed E-state index contributed by atoms with van der Waals surface area (Å²) in [6, 6.07) is 3.87. The number of allylic oxidation sites excluding steroid dienone is 1. The predicted octanol–water partition coefficient (Wildman–Crippen LogP) is 3.12. The van der Waals surface area contributed by atoms with Gasteiger partial charge in [0.1, 0.15) is 10.8 Å². The summed E-state index contributed by atoms with van der Waals surface area (Å²) in [6.07, 6.45) is 5.32. The van der Waals surface area contributed by atoms with Crippen molar-refractivity contribution in [1.29, 1.82) is 0 Å². The minimum absolute atomic E-state index is 0.00771. The smallest absolute Gasteiger partial charge is 0.335 e. The van der Waals surface area contributed by atoms with E-state index in [9.17, 15) is 14.9 Å². The monoisotopic (exact) mass is 267 g/mol. The minimum atomic E-state index is -0.625. The van der Waals surface area contributed by atoms with Gasteiger partial charge in [0.2, 0.25) is 0 Å². The van der Waals surface area contributed by atoms with Crippen LogP contribution in [-0.2, 0) is 4.79 Å². The standard InChI is InChI=1S/C12H10ClNO4/c13-10-5-4-9(7-11(10)14(16)17)18-12(15)6-3-8-1-2-8/h3-8H,1-2H2. The summed E-state index contributed by atoms with van der Waals surface area (Å²) in [5, 5.41) is 10.7. The first-order valence-corrected chi connectivity index (χ1v) is 5.78. The van der Waals surface area contributed by atoms with Crippen molar-refractivity contribution < 1.29 is 14.5 Å². The number of rotatable bonds is 4. The lowest BCUT2D eigenvalue weighted by Crippen LogP contribution is -2.04. The molecule has 0 amide bonds. The normalized spacial score (nSPS) is 14.7. The van der Waals surface area contributed by atoms with Crippen LogP contribution in [0.1, 0.15) is 12.8 Å². The molecule has 0 radical (unpaired) electrons. The van der Waals surface area contributed by atoms with Crippen LogP contribution in [0.15, 0.2) is 30.4 Å². The number of esters is 1. The molecule has 1 aromatic carbocycles. The molecular formula is C12H10ClNO4. The van der Waals surface area contributed by atoms with Crippen LogP contribution < -0.4 is 4.74 Å². The van der Waals surface area contributed by atoms with Crippen LogP contribution in [0, 0.1) is 16.0 Å². The Hall–Kier alpha value is -1.88. The largest absolute Gasteiger partial charge is 0.423 e. The van der Waals surface area contributed by atoms with Gasteiger partial charge >= 0.3 is 5.97 Å². The first-order chi connectivity index (χ1) is 8.56. The molecule has 94 valence electrons. The summed E-state index contributed by atoms with van der Waals surface area (Å²) < 4.78 is 4.95. The lowest BCUT2D eigenvalue weighted by Gasteiger charge is -2.01. The number of nitro benzene ring substituents is 1. The average Bonchev–Trinajstić information content (AvgIpc) is 3.12. The predicted molar refractivity (Wildman–Crippen MR) is 65.6 cm³/mol. The third kappa shape index (κ3) is 3.30. The second kappa shape index (κ2) is 5.18. The molecule has 0 bridgehead atoms. The van der Waals surface area contributed by atoms with Gasteiger partial charge < -0.3 is 4.74 Å². The number of carbonyl (C=O) groups excluding carboxylic acids is 1. The maximum Gasteiger partial charge on any atom is 0.335 e. The van der Waals surface area contributed by atoms with E-state index in [-0.39, 0.29) is 16.5 Å². The highest BCUT2D eigenvalue weighted by atomic mass is 35.5. The molecule has 1 fully saturated rings. The van der Waals surface area contributed by atoms with Crippen LogP contribution in [0.2, 0.25) is 5.02 Å². The maximum atomic E-state index is 11.4. The number of benzene rings is 1. The summed E-state index contributed by atoms with van der Waals surface area (Å²) in [4.78, 5) is 21.4. The Morgan fingerprint density at radius 3 is 2.83 bits per heavy atom. The molecule has 0 aromatic heterocycles. The van der Waals surface area contributed by atoms with E-state index in [4.69, 9.17) is 16.3 Å². The summed E-state index contributed by atoms with van der Waals surface area (Å²) in [6.45, 7) is 0. The Morgan fingerprint density at radius 2 is 2.22 bits per heavy atom. The molecule has 0 spiro atoms. The van der Waals surface area contributed by atoms with Crippen LogP contribution >= 0.6 is 11.6 Å². The van der Waals surface area contributed by atoms with Crippen molar-refractivity contribution >= 4 is 23.3 Å². The summed E-state index contributed by atoms with van der Waals surface area (Å²) in [5.41, 5.74) is -0.284. The fourth-order valence-electron chi connectivity index (χ4n) is 1.35. The summed E-state index contributed by atoms with van der Waals surface area (Å²) in [5.74, 6) is 0.0344. The van der Waals surface area contributed by atoms with Crippen molar-refractivity contribution in [2.75, 3.05) is 0 Å². The number of ether oxygens (including phenoxy) is 1. The quantitative estimate of drug-likeness (QED) is 0.276. The molecular weight excluding hydrogens is 258 g/mol.